The van der Waals surface area contributed by atoms with E-state index in [1.807, 2.05) is 0 Å². The minimum Gasteiger partial charge on any atom is -0.481 e. The number of amides is 3. The summed E-state index contributed by atoms with van der Waals surface area (Å²) in [5.74, 6) is -5.34. The fourth-order valence-electron chi connectivity index (χ4n) is 2.07. The first kappa shape index (κ1) is 25.7. The quantitative estimate of drug-likeness (QED) is 0.182. The van der Waals surface area contributed by atoms with Gasteiger partial charge in [-0.2, -0.15) is 12.6 Å². The van der Waals surface area contributed by atoms with Gasteiger partial charge in [0, 0.05) is 5.75 Å². The minimum absolute atomic E-state index is 0.0534. The number of carboxylic acids is 2. The molecule has 0 spiro atoms. The van der Waals surface area contributed by atoms with Crippen molar-refractivity contribution in [2.45, 2.75) is 57.8 Å². The Labute approximate surface area is 168 Å². The highest BCUT2D eigenvalue weighted by molar-refractivity contribution is 7.80. The number of hydrogen-bond acceptors (Lipinski definition) is 7. The molecule has 5 unspecified atom stereocenters. The average Bonchev–Trinajstić information content (AvgIpc) is 2.63. The van der Waals surface area contributed by atoms with Crippen LogP contribution in [0.5, 0.6) is 0 Å². The van der Waals surface area contributed by atoms with Crippen LogP contribution in [0.1, 0.15) is 33.6 Å². The molecular formula is C16H28N4O7S. The maximum atomic E-state index is 12.6. The number of rotatable bonds is 12. The molecular weight excluding hydrogens is 392 g/mol. The Morgan fingerprint density at radius 1 is 0.964 bits per heavy atom. The number of carboxylic acid groups (broad SMARTS) is 2. The van der Waals surface area contributed by atoms with Crippen molar-refractivity contribution >= 4 is 42.3 Å². The highest BCUT2D eigenvalue weighted by atomic mass is 32.1. The molecule has 11 nitrogen and oxygen atoms in total. The highest BCUT2D eigenvalue weighted by Gasteiger charge is 2.32. The topological polar surface area (TPSA) is 188 Å². The summed E-state index contributed by atoms with van der Waals surface area (Å²) in [5.41, 5.74) is 5.59. The molecule has 0 saturated carbocycles. The number of nitrogens with one attached hydrogen (secondary N) is 3. The molecule has 0 aromatic rings. The van der Waals surface area contributed by atoms with Crippen molar-refractivity contribution in [3.05, 3.63) is 0 Å². The van der Waals surface area contributed by atoms with E-state index in [1.54, 1.807) is 13.8 Å². The summed E-state index contributed by atoms with van der Waals surface area (Å²) in [6.45, 7) is 4.67. The Balaban J connectivity index is 5.39. The molecule has 7 N–H and O–H groups in total. The number of thiol groups is 1. The van der Waals surface area contributed by atoms with E-state index in [0.29, 0.717) is 6.42 Å². The zero-order chi connectivity index (χ0) is 22.0. The fourth-order valence-corrected chi connectivity index (χ4v) is 2.23. The molecule has 28 heavy (non-hydrogen) atoms. The van der Waals surface area contributed by atoms with Gasteiger partial charge in [-0.25, -0.2) is 0 Å². The van der Waals surface area contributed by atoms with Crippen LogP contribution >= 0.6 is 12.6 Å². The van der Waals surface area contributed by atoms with Crippen LogP contribution in [0.15, 0.2) is 0 Å². The molecule has 0 radical (unpaired) electrons. The summed E-state index contributed by atoms with van der Waals surface area (Å²) in [6, 6.07) is -4.81. The average molecular weight is 420 g/mol. The van der Waals surface area contributed by atoms with Gasteiger partial charge in [0.1, 0.15) is 18.1 Å². The second-order valence-corrected chi connectivity index (χ2v) is 6.75. The van der Waals surface area contributed by atoms with Gasteiger partial charge in [0.25, 0.3) is 0 Å². The van der Waals surface area contributed by atoms with Crippen LogP contribution in [0.4, 0.5) is 0 Å². The molecule has 5 atom stereocenters. The van der Waals surface area contributed by atoms with Crippen LogP contribution in [-0.4, -0.2) is 69.8 Å². The third-order valence-electron chi connectivity index (χ3n) is 4.07. The molecule has 0 fully saturated rings. The zero-order valence-corrected chi connectivity index (χ0v) is 16.9. The first-order chi connectivity index (χ1) is 12.9. The number of carbonyl (C=O) groups excluding carboxylic acids is 3. The van der Waals surface area contributed by atoms with Crippen molar-refractivity contribution in [1.82, 2.24) is 16.0 Å². The minimum atomic E-state index is -1.52. The lowest BCUT2D eigenvalue weighted by atomic mass is 9.97. The summed E-state index contributed by atoms with van der Waals surface area (Å²) in [5, 5.41) is 24.7. The maximum absolute atomic E-state index is 12.6. The van der Waals surface area contributed by atoms with Crippen molar-refractivity contribution in [2.75, 3.05) is 5.75 Å². The molecule has 0 bridgehead atoms. The second kappa shape index (κ2) is 12.2. The third-order valence-corrected chi connectivity index (χ3v) is 4.46. The first-order valence-electron chi connectivity index (χ1n) is 8.66. The Kier molecular flexibility index (Phi) is 11.2. The predicted molar refractivity (Wildman–Crippen MR) is 103 cm³/mol. The second-order valence-electron chi connectivity index (χ2n) is 6.39. The van der Waals surface area contributed by atoms with Crippen molar-refractivity contribution < 1.29 is 34.2 Å². The Hall–Kier alpha value is -2.34. The van der Waals surface area contributed by atoms with Crippen molar-refractivity contribution in [2.24, 2.45) is 11.7 Å². The molecule has 0 rings (SSSR count). The van der Waals surface area contributed by atoms with Gasteiger partial charge in [0.2, 0.25) is 17.7 Å². The largest absolute Gasteiger partial charge is 0.481 e. The van der Waals surface area contributed by atoms with Gasteiger partial charge in [-0.05, 0) is 12.8 Å². The van der Waals surface area contributed by atoms with E-state index in [1.165, 1.54) is 6.92 Å². The van der Waals surface area contributed by atoms with Gasteiger partial charge in [-0.1, -0.05) is 20.3 Å². The standard InChI is InChI=1S/C16H28N4O7S/c1-4-7(2)12(20-13(23)9(17)6-28)15(25)19-10(5-11(21)22)14(24)18-8(3)16(26)27/h7-10,12,28H,4-6,17H2,1-3H3,(H,18,24)(H,19,25)(H,20,23)(H,21,22)(H,26,27). The van der Waals surface area contributed by atoms with E-state index in [4.69, 9.17) is 15.9 Å². The van der Waals surface area contributed by atoms with E-state index >= 15 is 0 Å². The molecule has 0 aromatic heterocycles. The van der Waals surface area contributed by atoms with Gasteiger partial charge >= 0.3 is 11.9 Å². The molecule has 0 aliphatic rings. The molecule has 12 heteroatoms. The van der Waals surface area contributed by atoms with Gasteiger partial charge < -0.3 is 31.9 Å². The molecule has 0 aliphatic heterocycles. The van der Waals surface area contributed by atoms with Gasteiger partial charge in [-0.15, -0.1) is 0 Å². The summed E-state index contributed by atoms with van der Waals surface area (Å²) < 4.78 is 0. The van der Waals surface area contributed by atoms with Crippen molar-refractivity contribution in [1.29, 1.82) is 0 Å². The number of hydrogen-bond donors (Lipinski definition) is 7. The van der Waals surface area contributed by atoms with E-state index in [2.05, 4.69) is 28.6 Å². The fraction of sp³-hybridized carbons (Fsp3) is 0.688. The van der Waals surface area contributed by atoms with Crippen LogP contribution in [0, 0.1) is 5.92 Å². The van der Waals surface area contributed by atoms with E-state index in [-0.39, 0.29) is 11.7 Å². The molecule has 0 aliphatic carbocycles. The summed E-state index contributed by atoms with van der Waals surface area (Å²) in [4.78, 5) is 58.8. The maximum Gasteiger partial charge on any atom is 0.325 e. The van der Waals surface area contributed by atoms with Crippen LogP contribution in [0.25, 0.3) is 0 Å². The van der Waals surface area contributed by atoms with Crippen LogP contribution in [-0.2, 0) is 24.0 Å². The van der Waals surface area contributed by atoms with Crippen LogP contribution in [0.2, 0.25) is 0 Å². The van der Waals surface area contributed by atoms with Crippen molar-refractivity contribution in [3.63, 3.8) is 0 Å². The van der Waals surface area contributed by atoms with Crippen molar-refractivity contribution in [3.8, 4) is 0 Å². The SMILES string of the molecule is CCC(C)C(NC(=O)C(N)CS)C(=O)NC(CC(=O)O)C(=O)NC(C)C(=O)O. The molecule has 0 aromatic carbocycles. The molecule has 0 heterocycles. The van der Waals surface area contributed by atoms with E-state index in [9.17, 15) is 24.0 Å². The van der Waals surface area contributed by atoms with Gasteiger partial charge in [0.15, 0.2) is 0 Å². The summed E-state index contributed by atoms with van der Waals surface area (Å²) in [6.07, 6.45) is -0.262. The highest BCUT2D eigenvalue weighted by Crippen LogP contribution is 2.09. The normalized spacial score (nSPS) is 16.0. The molecule has 160 valence electrons. The van der Waals surface area contributed by atoms with E-state index < -0.39 is 60.2 Å². The molecule has 0 saturated heterocycles. The van der Waals surface area contributed by atoms with Gasteiger partial charge in [-0.3, -0.25) is 24.0 Å². The lowest BCUT2D eigenvalue weighted by molar-refractivity contribution is -0.143. The smallest absolute Gasteiger partial charge is 0.325 e. The lowest BCUT2D eigenvalue weighted by Gasteiger charge is -2.27. The van der Waals surface area contributed by atoms with E-state index in [0.717, 1.165) is 0 Å². The third kappa shape index (κ3) is 8.57. The number of aliphatic carboxylic acids is 2. The van der Waals surface area contributed by atoms with Crippen LogP contribution < -0.4 is 21.7 Å². The summed E-state index contributed by atoms with van der Waals surface area (Å²) in [7, 11) is 0. The monoisotopic (exact) mass is 420 g/mol. The number of nitrogens with two attached hydrogens (primary N) is 1. The van der Waals surface area contributed by atoms with Crippen LogP contribution in [0.3, 0.4) is 0 Å². The lowest BCUT2D eigenvalue weighted by Crippen LogP contribution is -2.59. The molecule has 3 amide bonds. The zero-order valence-electron chi connectivity index (χ0n) is 16.0. The first-order valence-corrected chi connectivity index (χ1v) is 9.29. The van der Waals surface area contributed by atoms with Gasteiger partial charge in [0.05, 0.1) is 12.5 Å². The summed E-state index contributed by atoms with van der Waals surface area (Å²) >= 11 is 3.92. The Bertz CT molecular complexity index is 602. The Morgan fingerprint density at radius 2 is 1.54 bits per heavy atom. The number of carbonyl (C=O) groups is 5. The Morgan fingerprint density at radius 3 is 1.96 bits per heavy atom. The predicted octanol–water partition coefficient (Wildman–Crippen LogP) is -1.68.